The van der Waals surface area contributed by atoms with Gasteiger partial charge in [0.15, 0.2) is 0 Å². The van der Waals surface area contributed by atoms with E-state index in [1.807, 2.05) is 12.1 Å². The van der Waals surface area contributed by atoms with Crippen molar-refractivity contribution < 1.29 is 13.2 Å². The predicted octanol–water partition coefficient (Wildman–Crippen LogP) is 2.00. The molecule has 2 aromatic rings. The molecule has 3 rings (SSSR count). The molecule has 1 aliphatic heterocycles. The van der Waals surface area contributed by atoms with E-state index in [0.717, 1.165) is 24.8 Å². The topological polar surface area (TPSA) is 101 Å². The lowest BCUT2D eigenvalue weighted by Crippen LogP contribution is -2.22. The van der Waals surface area contributed by atoms with Crippen molar-refractivity contribution in [3.63, 3.8) is 0 Å². The van der Waals surface area contributed by atoms with Gasteiger partial charge in [-0.15, -0.1) is 0 Å². The molecule has 0 saturated heterocycles. The van der Waals surface area contributed by atoms with Gasteiger partial charge in [-0.05, 0) is 42.7 Å². The molecule has 0 radical (unpaired) electrons. The number of amidine groups is 1. The van der Waals surface area contributed by atoms with Gasteiger partial charge in [0.2, 0.25) is 5.91 Å². The number of fused-ring (bicyclic) bond motifs is 1. The van der Waals surface area contributed by atoms with Gasteiger partial charge >= 0.3 is 0 Å². The van der Waals surface area contributed by atoms with E-state index in [1.165, 1.54) is 0 Å². The third kappa shape index (κ3) is 5.13. The normalized spacial score (nSPS) is 15.9. The summed E-state index contributed by atoms with van der Waals surface area (Å²) in [6.45, 7) is 1.03. The number of nitrogens with one attached hydrogen (secondary N) is 2. The number of carbonyl (C=O) groups excluding carboxylic acids is 1. The van der Waals surface area contributed by atoms with Gasteiger partial charge in [0.1, 0.15) is 5.84 Å². The first-order valence-electron chi connectivity index (χ1n) is 8.88. The van der Waals surface area contributed by atoms with Crippen molar-refractivity contribution in [3.8, 4) is 0 Å². The monoisotopic (exact) mass is 386 g/mol. The van der Waals surface area contributed by atoms with Gasteiger partial charge in [0, 0.05) is 37.5 Å². The number of hydrogen-bond acceptors (Lipinski definition) is 5. The van der Waals surface area contributed by atoms with E-state index in [4.69, 9.17) is 0 Å². The van der Waals surface area contributed by atoms with E-state index >= 15 is 0 Å². The molecule has 0 saturated carbocycles. The molecular weight excluding hydrogens is 364 g/mol. The number of sulfonamides is 1. The molecule has 0 spiro atoms. The fourth-order valence-electron chi connectivity index (χ4n) is 2.81. The fraction of sp³-hybridized carbons (Fsp3) is 0.316. The third-order valence-corrected chi connectivity index (χ3v) is 5.63. The van der Waals surface area contributed by atoms with E-state index < -0.39 is 10.0 Å². The summed E-state index contributed by atoms with van der Waals surface area (Å²) < 4.78 is 26.5. The summed E-state index contributed by atoms with van der Waals surface area (Å²) in [6.07, 6.45) is 6.29. The van der Waals surface area contributed by atoms with Crippen LogP contribution in [0.4, 0.5) is 0 Å². The number of nitrogens with zero attached hydrogens (tertiary/aromatic N) is 2. The Morgan fingerprint density at radius 2 is 1.85 bits per heavy atom. The van der Waals surface area contributed by atoms with Gasteiger partial charge < -0.3 is 5.32 Å². The predicted molar refractivity (Wildman–Crippen MR) is 103 cm³/mol. The zero-order valence-electron chi connectivity index (χ0n) is 14.9. The Balaban J connectivity index is 1.36. The van der Waals surface area contributed by atoms with Crippen molar-refractivity contribution in [2.75, 3.05) is 6.54 Å². The third-order valence-electron chi connectivity index (χ3n) is 4.23. The Kier molecular flexibility index (Phi) is 6.18. The van der Waals surface area contributed by atoms with Crippen LogP contribution < -0.4 is 10.0 Å². The maximum Gasteiger partial charge on any atom is 0.263 e. The number of carbonyl (C=O) groups is 1. The van der Waals surface area contributed by atoms with Gasteiger partial charge in [0.05, 0.1) is 4.90 Å². The van der Waals surface area contributed by atoms with Crippen molar-refractivity contribution >= 4 is 21.8 Å². The van der Waals surface area contributed by atoms with E-state index in [1.54, 1.807) is 36.7 Å². The number of hydrogen-bond donors (Lipinski definition) is 2. The highest BCUT2D eigenvalue weighted by atomic mass is 32.2. The molecule has 2 N–H and O–H groups in total. The molecule has 1 amide bonds. The van der Waals surface area contributed by atoms with E-state index in [0.29, 0.717) is 30.9 Å². The Morgan fingerprint density at radius 1 is 1.07 bits per heavy atom. The molecule has 2 heterocycles. The molecule has 1 aromatic heterocycles. The summed E-state index contributed by atoms with van der Waals surface area (Å²) in [5.41, 5.74) is 1.64. The minimum Gasteiger partial charge on any atom is -0.352 e. The van der Waals surface area contributed by atoms with Crippen molar-refractivity contribution in [2.24, 2.45) is 4.99 Å². The van der Waals surface area contributed by atoms with Crippen LogP contribution in [-0.4, -0.2) is 31.7 Å². The quantitative estimate of drug-likeness (QED) is 0.678. The van der Waals surface area contributed by atoms with Crippen LogP contribution in [0.5, 0.6) is 0 Å². The summed E-state index contributed by atoms with van der Waals surface area (Å²) in [5, 5.41) is 2.88. The molecule has 27 heavy (non-hydrogen) atoms. The lowest BCUT2D eigenvalue weighted by atomic mass is 10.1. The molecule has 0 bridgehead atoms. The van der Waals surface area contributed by atoms with E-state index in [-0.39, 0.29) is 10.8 Å². The SMILES string of the molecule is O=C(CCCCCN=C1NS(=O)(=O)c2ccccc21)NCc1ccncc1. The van der Waals surface area contributed by atoms with Crippen molar-refractivity contribution in [2.45, 2.75) is 37.1 Å². The molecule has 0 fully saturated rings. The molecule has 8 heteroatoms. The van der Waals surface area contributed by atoms with Crippen LogP contribution in [0.1, 0.15) is 36.8 Å². The largest absolute Gasteiger partial charge is 0.352 e. The summed E-state index contributed by atoms with van der Waals surface area (Å²) in [4.78, 5) is 20.4. The zero-order valence-corrected chi connectivity index (χ0v) is 15.7. The van der Waals surface area contributed by atoms with Gasteiger partial charge in [-0.25, -0.2) is 8.42 Å². The second-order valence-corrected chi connectivity index (χ2v) is 7.93. The average molecular weight is 386 g/mol. The first-order valence-corrected chi connectivity index (χ1v) is 10.4. The molecule has 0 aliphatic carbocycles. The van der Waals surface area contributed by atoms with Crippen LogP contribution in [-0.2, 0) is 21.4 Å². The van der Waals surface area contributed by atoms with Crippen LogP contribution in [0.3, 0.4) is 0 Å². The summed E-state index contributed by atoms with van der Waals surface area (Å²) >= 11 is 0. The lowest BCUT2D eigenvalue weighted by Gasteiger charge is -2.05. The Bertz CT molecular complexity index is 927. The van der Waals surface area contributed by atoms with Crippen LogP contribution in [0.25, 0.3) is 0 Å². The number of aliphatic imine (C=N–C) groups is 1. The van der Waals surface area contributed by atoms with Crippen molar-refractivity contribution in [1.29, 1.82) is 0 Å². The summed E-state index contributed by atoms with van der Waals surface area (Å²) in [5.74, 6) is 0.427. The molecule has 1 aliphatic rings. The first-order chi connectivity index (χ1) is 13.1. The van der Waals surface area contributed by atoms with Gasteiger partial charge in [-0.1, -0.05) is 18.6 Å². The second kappa shape index (κ2) is 8.77. The number of rotatable bonds is 8. The standard InChI is InChI=1S/C19H22N4O3S/c24-18(22-14-15-9-12-20-13-10-15)8-2-1-5-11-21-19-16-6-3-4-7-17(16)27(25,26)23-19/h3-4,6-7,9-10,12-13H,1-2,5,8,11,14H2,(H,21,23)(H,22,24). The summed E-state index contributed by atoms with van der Waals surface area (Å²) in [6, 6.07) is 10.6. The molecule has 0 unspecified atom stereocenters. The molecule has 0 atom stereocenters. The smallest absolute Gasteiger partial charge is 0.263 e. The Hall–Kier alpha value is -2.74. The van der Waals surface area contributed by atoms with E-state index in [2.05, 4.69) is 20.0 Å². The highest BCUT2D eigenvalue weighted by molar-refractivity contribution is 7.90. The number of amides is 1. The first kappa shape index (κ1) is 19.0. The van der Waals surface area contributed by atoms with Gasteiger partial charge in [-0.2, -0.15) is 0 Å². The average Bonchev–Trinajstić information content (AvgIpc) is 2.94. The van der Waals surface area contributed by atoms with Crippen LogP contribution in [0.2, 0.25) is 0 Å². The highest BCUT2D eigenvalue weighted by Crippen LogP contribution is 2.22. The molecular formula is C19H22N4O3S. The number of unbranched alkanes of at least 4 members (excludes halogenated alkanes) is 2. The lowest BCUT2D eigenvalue weighted by molar-refractivity contribution is -0.121. The van der Waals surface area contributed by atoms with Crippen molar-refractivity contribution in [1.82, 2.24) is 15.0 Å². The van der Waals surface area contributed by atoms with Crippen LogP contribution >= 0.6 is 0 Å². The molecule has 142 valence electrons. The molecule has 1 aromatic carbocycles. The van der Waals surface area contributed by atoms with Crippen molar-refractivity contribution in [3.05, 3.63) is 59.9 Å². The maximum absolute atomic E-state index is 12.0. The minimum absolute atomic E-state index is 0.0237. The maximum atomic E-state index is 12.0. The van der Waals surface area contributed by atoms with Crippen LogP contribution in [0.15, 0.2) is 58.7 Å². The Morgan fingerprint density at radius 3 is 2.67 bits per heavy atom. The van der Waals surface area contributed by atoms with Gasteiger partial charge in [0.25, 0.3) is 10.0 Å². The summed E-state index contributed by atoms with van der Waals surface area (Å²) in [7, 11) is -3.48. The zero-order chi connectivity index (χ0) is 19.1. The second-order valence-electron chi connectivity index (χ2n) is 6.27. The van der Waals surface area contributed by atoms with E-state index in [9.17, 15) is 13.2 Å². The minimum atomic E-state index is -3.48. The Labute approximate surface area is 159 Å². The number of pyridine rings is 1. The highest BCUT2D eigenvalue weighted by Gasteiger charge is 2.29. The molecule has 7 nitrogen and oxygen atoms in total. The van der Waals surface area contributed by atoms with Crippen LogP contribution in [0, 0.1) is 0 Å². The van der Waals surface area contributed by atoms with Gasteiger partial charge in [-0.3, -0.25) is 19.5 Å². The number of benzene rings is 1. The fourth-order valence-corrected chi connectivity index (χ4v) is 4.06. The number of aromatic nitrogens is 1.